The molecule has 156 valence electrons. The zero-order valence-electron chi connectivity index (χ0n) is 16.6. The highest BCUT2D eigenvalue weighted by Gasteiger charge is 2.35. The Morgan fingerprint density at radius 2 is 1.53 bits per heavy atom. The van der Waals surface area contributed by atoms with Crippen LogP contribution >= 0.6 is 22.9 Å². The summed E-state index contributed by atoms with van der Waals surface area (Å²) in [5, 5.41) is 13.3. The normalized spacial score (nSPS) is 14.7. The molecule has 1 aromatic heterocycles. The minimum Gasteiger partial charge on any atom is -0.278 e. The maximum atomic E-state index is 13.3. The van der Waals surface area contributed by atoms with Crippen LogP contribution in [-0.4, -0.2) is 22.3 Å². The molecule has 3 aromatic carbocycles. The van der Waals surface area contributed by atoms with Gasteiger partial charge in [-0.2, -0.15) is 15.2 Å². The van der Waals surface area contributed by atoms with E-state index in [9.17, 15) is 4.79 Å². The van der Waals surface area contributed by atoms with Crippen molar-refractivity contribution >= 4 is 51.1 Å². The van der Waals surface area contributed by atoms with Gasteiger partial charge >= 0.3 is 5.91 Å². The van der Waals surface area contributed by atoms with Gasteiger partial charge in [0.1, 0.15) is 5.71 Å². The van der Waals surface area contributed by atoms with E-state index in [1.807, 2.05) is 66.0 Å². The Bertz CT molecular complexity index is 1320. The number of hydrogen-bond donors (Lipinski definition) is 1. The van der Waals surface area contributed by atoms with Gasteiger partial charge in [-0.15, -0.1) is 11.3 Å². The predicted octanol–water partition coefficient (Wildman–Crippen LogP) is 5.68. The van der Waals surface area contributed by atoms with Crippen LogP contribution in [0.4, 0.5) is 10.8 Å². The van der Waals surface area contributed by atoms with Crippen molar-refractivity contribution in [3.8, 4) is 11.3 Å². The number of hydrogen-bond acceptors (Lipinski definition) is 6. The lowest BCUT2D eigenvalue weighted by Gasteiger charge is -2.06. The van der Waals surface area contributed by atoms with Gasteiger partial charge in [0.15, 0.2) is 5.71 Å². The summed E-state index contributed by atoms with van der Waals surface area (Å²) in [7, 11) is 0. The average Bonchev–Trinajstić information content (AvgIpc) is 3.45. The summed E-state index contributed by atoms with van der Waals surface area (Å²) < 4.78 is 0. The zero-order chi connectivity index (χ0) is 21.9. The number of rotatable bonds is 5. The van der Waals surface area contributed by atoms with Gasteiger partial charge in [-0.3, -0.25) is 10.2 Å². The maximum Gasteiger partial charge on any atom is 0.303 e. The number of hydrazone groups is 2. The highest BCUT2D eigenvalue weighted by atomic mass is 35.5. The molecular formula is C24H16ClN5OS. The van der Waals surface area contributed by atoms with Crippen LogP contribution in [0.2, 0.25) is 5.02 Å². The first-order valence-electron chi connectivity index (χ1n) is 9.78. The first kappa shape index (κ1) is 20.1. The molecule has 1 aliphatic heterocycles. The third-order valence-corrected chi connectivity index (χ3v) is 5.82. The highest BCUT2D eigenvalue weighted by molar-refractivity contribution is 7.14. The quantitative estimate of drug-likeness (QED) is 0.392. The van der Waals surface area contributed by atoms with E-state index in [1.54, 1.807) is 24.3 Å². The van der Waals surface area contributed by atoms with Gasteiger partial charge in [0, 0.05) is 21.5 Å². The molecular weight excluding hydrogens is 442 g/mol. The summed E-state index contributed by atoms with van der Waals surface area (Å²) in [6.45, 7) is 0. The largest absolute Gasteiger partial charge is 0.303 e. The molecule has 0 spiro atoms. The van der Waals surface area contributed by atoms with E-state index < -0.39 is 0 Å². The Morgan fingerprint density at radius 3 is 2.22 bits per heavy atom. The summed E-state index contributed by atoms with van der Waals surface area (Å²) in [5.74, 6) is -0.348. The van der Waals surface area contributed by atoms with Crippen molar-refractivity contribution in [1.82, 2.24) is 4.98 Å². The first-order valence-corrected chi connectivity index (χ1v) is 11.0. The molecule has 6 nitrogen and oxygen atoms in total. The molecule has 8 heteroatoms. The molecule has 1 aliphatic rings. The minimum atomic E-state index is -0.348. The molecule has 0 saturated carbocycles. The van der Waals surface area contributed by atoms with Crippen LogP contribution in [-0.2, 0) is 4.79 Å². The number of carbonyl (C=O) groups excluding carboxylic acids is 1. The fourth-order valence-electron chi connectivity index (χ4n) is 3.16. The molecule has 2 heterocycles. The fraction of sp³-hybridized carbons (Fsp3) is 0. The van der Waals surface area contributed by atoms with Crippen LogP contribution in [0.5, 0.6) is 0 Å². The van der Waals surface area contributed by atoms with Crippen LogP contribution in [0, 0.1) is 0 Å². The van der Waals surface area contributed by atoms with Crippen LogP contribution in [0.15, 0.2) is 101 Å². The van der Waals surface area contributed by atoms with Crippen molar-refractivity contribution in [2.75, 3.05) is 10.4 Å². The molecule has 0 saturated heterocycles. The second-order valence-electron chi connectivity index (χ2n) is 6.89. The zero-order valence-corrected chi connectivity index (χ0v) is 18.2. The van der Waals surface area contributed by atoms with E-state index in [0.29, 0.717) is 21.6 Å². The van der Waals surface area contributed by atoms with Gasteiger partial charge < -0.3 is 0 Å². The topological polar surface area (TPSA) is 70.0 Å². The maximum absolute atomic E-state index is 13.3. The lowest BCUT2D eigenvalue weighted by Crippen LogP contribution is -2.28. The molecule has 1 amide bonds. The van der Waals surface area contributed by atoms with E-state index in [4.69, 9.17) is 11.6 Å². The monoisotopic (exact) mass is 457 g/mol. The van der Waals surface area contributed by atoms with Gasteiger partial charge in [0.25, 0.3) is 0 Å². The molecule has 0 aliphatic carbocycles. The van der Waals surface area contributed by atoms with Crippen molar-refractivity contribution in [2.45, 2.75) is 0 Å². The second kappa shape index (κ2) is 8.74. The van der Waals surface area contributed by atoms with Crippen LogP contribution in [0.1, 0.15) is 5.56 Å². The Morgan fingerprint density at radius 1 is 0.875 bits per heavy atom. The van der Waals surface area contributed by atoms with Gasteiger partial charge in [0.2, 0.25) is 5.13 Å². The van der Waals surface area contributed by atoms with Crippen LogP contribution in [0.25, 0.3) is 11.3 Å². The van der Waals surface area contributed by atoms with E-state index in [2.05, 4.69) is 20.6 Å². The Labute approximate surface area is 193 Å². The summed E-state index contributed by atoms with van der Waals surface area (Å²) in [4.78, 5) is 17.9. The number of nitrogens with zero attached hydrogens (tertiary/aromatic N) is 4. The number of thiazole rings is 1. The second-order valence-corrected chi connectivity index (χ2v) is 8.17. The third-order valence-electron chi connectivity index (χ3n) is 4.75. The summed E-state index contributed by atoms with van der Waals surface area (Å²) in [6.07, 6.45) is 0. The summed E-state index contributed by atoms with van der Waals surface area (Å²) in [5.41, 5.74) is 6.89. The van der Waals surface area contributed by atoms with Crippen LogP contribution < -0.4 is 10.4 Å². The summed E-state index contributed by atoms with van der Waals surface area (Å²) in [6, 6.07) is 26.4. The van der Waals surface area contributed by atoms with Gasteiger partial charge in [-0.05, 0) is 24.3 Å². The van der Waals surface area contributed by atoms with E-state index in [0.717, 1.165) is 16.8 Å². The number of halogens is 1. The smallest absolute Gasteiger partial charge is 0.278 e. The molecule has 32 heavy (non-hydrogen) atoms. The Hall–Kier alpha value is -3.81. The summed E-state index contributed by atoms with van der Waals surface area (Å²) >= 11 is 7.31. The van der Waals surface area contributed by atoms with E-state index >= 15 is 0 Å². The third kappa shape index (κ3) is 4.03. The highest BCUT2D eigenvalue weighted by Crippen LogP contribution is 2.30. The van der Waals surface area contributed by atoms with Gasteiger partial charge in [-0.25, -0.2) is 4.98 Å². The molecule has 5 rings (SSSR count). The Kier molecular flexibility index (Phi) is 5.49. The molecule has 0 atom stereocenters. The lowest BCUT2D eigenvalue weighted by molar-refractivity contribution is -0.112. The first-order chi connectivity index (χ1) is 15.7. The average molecular weight is 458 g/mol. The molecule has 0 radical (unpaired) electrons. The number of aromatic nitrogens is 1. The number of carbonyl (C=O) groups is 1. The standard InChI is InChI=1S/C24H16ClN5OS/c25-18-11-13-19(14-12-18)27-28-22-21(17-9-5-2-6-10-17)29-30(23(22)31)24-26-20(15-32-24)16-7-3-1-4-8-16/h1-15,27H/b28-22+. The SMILES string of the molecule is O=C1/C(=N/Nc2ccc(Cl)cc2)C(c2ccccc2)=NN1c1nc(-c2ccccc2)cs1. The number of nitrogens with one attached hydrogen (secondary N) is 1. The van der Waals surface area contributed by atoms with Crippen molar-refractivity contribution in [3.63, 3.8) is 0 Å². The van der Waals surface area contributed by atoms with Gasteiger partial charge in [0.05, 0.1) is 11.4 Å². The predicted molar refractivity (Wildman–Crippen MR) is 131 cm³/mol. The van der Waals surface area contributed by atoms with Crippen molar-refractivity contribution in [1.29, 1.82) is 0 Å². The molecule has 0 bridgehead atoms. The van der Waals surface area contributed by atoms with Crippen LogP contribution in [0.3, 0.4) is 0 Å². The van der Waals surface area contributed by atoms with Crippen molar-refractivity contribution in [3.05, 3.63) is 101 Å². The van der Waals surface area contributed by atoms with Gasteiger partial charge in [-0.1, -0.05) is 72.3 Å². The fourth-order valence-corrected chi connectivity index (χ4v) is 4.07. The minimum absolute atomic E-state index is 0.211. The lowest BCUT2D eigenvalue weighted by atomic mass is 10.1. The number of anilines is 2. The van der Waals surface area contributed by atoms with Crippen molar-refractivity contribution < 1.29 is 4.79 Å². The molecule has 4 aromatic rings. The van der Waals surface area contributed by atoms with E-state index in [1.165, 1.54) is 16.3 Å². The van der Waals surface area contributed by atoms with Crippen molar-refractivity contribution in [2.24, 2.45) is 10.2 Å². The Balaban J connectivity index is 1.50. The van der Waals surface area contributed by atoms with E-state index in [-0.39, 0.29) is 11.6 Å². The molecule has 1 N–H and O–H groups in total. The molecule has 0 fully saturated rings. The molecule has 0 unspecified atom stereocenters. The number of amides is 1. The number of benzene rings is 3.